The number of aliphatic hydroxyl groups excluding tert-OH is 2. The van der Waals surface area contributed by atoms with E-state index >= 15 is 0 Å². The van der Waals surface area contributed by atoms with Crippen molar-refractivity contribution in [3.8, 4) is 42.5 Å². The van der Waals surface area contributed by atoms with Gasteiger partial charge in [-0.05, 0) is 60.6 Å². The Morgan fingerprint density at radius 2 is 1.31 bits per heavy atom. The maximum absolute atomic E-state index is 13.9. The van der Waals surface area contributed by atoms with Crippen LogP contribution >= 0.6 is 68.0 Å². The van der Waals surface area contributed by atoms with E-state index < -0.39 is 71.4 Å². The van der Waals surface area contributed by atoms with Crippen LogP contribution in [0, 0.1) is 0 Å². The molecule has 6 amide bonds. The Kier molecular flexibility index (Phi) is 17.1. The molecule has 5 unspecified atom stereocenters. The molecule has 7 aromatic rings. The molecular formula is C48H47N13O10S6. The van der Waals surface area contributed by atoms with Crippen molar-refractivity contribution in [1.29, 1.82) is 0 Å². The fourth-order valence-electron chi connectivity index (χ4n) is 7.17. The third kappa shape index (κ3) is 12.8. The average Bonchev–Trinajstić information content (AvgIpc) is 4.26. The molecule has 1 aliphatic rings. The number of carbonyl (C=O) groups is 7. The Hall–Kier alpha value is -7.22. The highest BCUT2D eigenvalue weighted by molar-refractivity contribution is 7.22. The van der Waals surface area contributed by atoms with E-state index in [-0.39, 0.29) is 67.2 Å². The number of rotatable bonds is 10. The van der Waals surface area contributed by atoms with Crippen molar-refractivity contribution in [3.63, 3.8) is 0 Å². The molecule has 5 atom stereocenters. The quantitative estimate of drug-likeness (QED) is 0.0823. The molecule has 0 aromatic carbocycles. The SMILES string of the molecule is C/C=C(/NC(=O)c1csc(-c2cnc(-c3ccc4c(n3)-c3csc(n3)C(C(C)O)NC(=O)c3csc(n3)C(C(C)(C)O)NC(=O)c3csc(n3)/C(=C\C)NC(=O)C(C(C)O)NC(=O)c3csc-4n3)s2)n1)C(=O)NCC(C)=O. The van der Waals surface area contributed by atoms with Crippen LogP contribution in [0.15, 0.2) is 63.1 Å². The lowest BCUT2D eigenvalue weighted by Gasteiger charge is -2.28. The van der Waals surface area contributed by atoms with E-state index in [0.29, 0.717) is 36.9 Å². The number of pyridine rings is 1. The minimum absolute atomic E-state index is 0.0364. The Morgan fingerprint density at radius 1 is 0.714 bits per heavy atom. The van der Waals surface area contributed by atoms with Gasteiger partial charge in [0.05, 0.1) is 40.6 Å². The Balaban J connectivity index is 1.15. The number of hydrogen-bond donors (Lipinski definition) is 9. The number of ketones is 1. The molecule has 8 heterocycles. The van der Waals surface area contributed by atoms with E-state index in [4.69, 9.17) is 9.97 Å². The van der Waals surface area contributed by atoms with Gasteiger partial charge < -0.3 is 47.2 Å². The Labute approximate surface area is 462 Å². The van der Waals surface area contributed by atoms with Gasteiger partial charge in [-0.25, -0.2) is 34.9 Å². The molecule has 23 nitrogen and oxygen atoms in total. The Bertz CT molecular complexity index is 3490. The van der Waals surface area contributed by atoms with Crippen molar-refractivity contribution < 1.29 is 48.9 Å². The van der Waals surface area contributed by atoms with Crippen molar-refractivity contribution in [1.82, 2.24) is 66.8 Å². The number of allylic oxidation sites excluding steroid dienone is 2. The Morgan fingerprint density at radius 3 is 1.97 bits per heavy atom. The summed E-state index contributed by atoms with van der Waals surface area (Å²) in [6.45, 7) is 10.1. The normalized spacial score (nSPS) is 18.1. The van der Waals surface area contributed by atoms with E-state index in [2.05, 4.69) is 56.8 Å². The standard InChI is InChI=1S/C48H47N13O10S6/c1-8-23(36(65)49-12-19(3)62)52-37(66)27-17-74-45(57-27)31-13-50-43(77-31)25-11-10-22-34(51-25)26-14-75-46(54-26)33(21(5)64)60-39(68)29-18-76-47(58-29)35(48(6,7)71)61-40(69)30-16-73-44(56-30)24(9-2)53-41(70)32(20(4)63)59-38(67)28-15-72-42(22)55-28/h8-11,13-18,20-21,32-33,35,63-64,71H,12H2,1-7H3,(H,49,65)(H,52,66)(H,53,70)(H,59,67)(H,60,68)(H,61,69)/b23-8+,24-9+. The van der Waals surface area contributed by atoms with Crippen LogP contribution in [0.2, 0.25) is 0 Å². The first-order valence-electron chi connectivity index (χ1n) is 23.1. The van der Waals surface area contributed by atoms with Crippen molar-refractivity contribution in [2.45, 2.75) is 84.4 Å². The molecule has 0 saturated carbocycles. The van der Waals surface area contributed by atoms with Gasteiger partial charge in [-0.15, -0.1) is 68.0 Å². The largest absolute Gasteiger partial charge is 0.391 e. The molecule has 7 aromatic heterocycles. The molecule has 0 fully saturated rings. The number of hydrogen-bond acceptors (Lipinski definition) is 23. The highest BCUT2D eigenvalue weighted by Gasteiger charge is 2.35. The fraction of sp³-hybridized carbons (Fsp3) is 0.292. The minimum atomic E-state index is -1.60. The third-order valence-corrected chi connectivity index (χ3v) is 16.8. The fourth-order valence-corrected chi connectivity index (χ4v) is 12.5. The lowest BCUT2D eigenvalue weighted by Crippen LogP contribution is -2.52. The number of aromatic nitrogens is 7. The summed E-state index contributed by atoms with van der Waals surface area (Å²) in [4.78, 5) is 125. The number of amides is 6. The molecule has 9 N–H and O–H groups in total. The highest BCUT2D eigenvalue weighted by Crippen LogP contribution is 2.39. The molecular weight excluding hydrogens is 1110 g/mol. The van der Waals surface area contributed by atoms with Crippen molar-refractivity contribution in [2.75, 3.05) is 6.54 Å². The van der Waals surface area contributed by atoms with Crippen LogP contribution in [-0.4, -0.2) is 122 Å². The summed E-state index contributed by atoms with van der Waals surface area (Å²) in [5, 5.41) is 58.4. The number of fused-ring (bicyclic) bond motifs is 11. The molecule has 77 heavy (non-hydrogen) atoms. The number of thiazole rings is 6. The first-order chi connectivity index (χ1) is 36.6. The minimum Gasteiger partial charge on any atom is -0.391 e. The van der Waals surface area contributed by atoms with E-state index in [0.717, 1.165) is 45.3 Å². The molecule has 1 aliphatic heterocycles. The zero-order valence-electron chi connectivity index (χ0n) is 41.6. The summed E-state index contributed by atoms with van der Waals surface area (Å²) in [7, 11) is 0. The predicted molar refractivity (Wildman–Crippen MR) is 291 cm³/mol. The maximum Gasteiger partial charge on any atom is 0.275 e. The summed E-state index contributed by atoms with van der Waals surface area (Å²) in [6.07, 6.45) is 1.94. The van der Waals surface area contributed by atoms with Gasteiger partial charge in [0, 0.05) is 38.7 Å². The van der Waals surface area contributed by atoms with Crippen LogP contribution < -0.4 is 31.9 Å². The number of Topliss-reactive ketones (excluding diaryl/α,β-unsaturated/α-hetero) is 1. The van der Waals surface area contributed by atoms with Crippen LogP contribution in [0.25, 0.3) is 48.2 Å². The van der Waals surface area contributed by atoms with Gasteiger partial charge in [0.25, 0.3) is 29.5 Å². The van der Waals surface area contributed by atoms with Gasteiger partial charge in [-0.3, -0.25) is 33.6 Å². The smallest absolute Gasteiger partial charge is 0.275 e. The van der Waals surface area contributed by atoms with Crippen molar-refractivity contribution in [3.05, 3.63) is 101 Å². The average molecular weight is 1160 g/mol. The second-order valence-electron chi connectivity index (χ2n) is 17.6. The van der Waals surface area contributed by atoms with Gasteiger partial charge in [0.2, 0.25) is 5.91 Å². The van der Waals surface area contributed by atoms with Crippen molar-refractivity contribution >= 4 is 115 Å². The van der Waals surface area contributed by atoms with Gasteiger partial charge in [-0.2, -0.15) is 0 Å². The van der Waals surface area contributed by atoms with Crippen LogP contribution in [0.4, 0.5) is 0 Å². The monoisotopic (exact) mass is 1160 g/mol. The topological polar surface area (TPSA) is 343 Å². The van der Waals surface area contributed by atoms with Crippen LogP contribution in [-0.2, 0) is 14.4 Å². The van der Waals surface area contributed by atoms with E-state index in [1.165, 1.54) is 91.0 Å². The van der Waals surface area contributed by atoms with E-state index in [1.807, 2.05) is 0 Å². The highest BCUT2D eigenvalue weighted by atomic mass is 32.1. The van der Waals surface area contributed by atoms with E-state index in [9.17, 15) is 48.9 Å². The summed E-state index contributed by atoms with van der Waals surface area (Å²) < 4.78 is 0. The number of carbonyl (C=O) groups excluding carboxylic acids is 7. The second kappa shape index (κ2) is 23.6. The molecule has 0 radical (unpaired) electrons. The lowest BCUT2D eigenvalue weighted by molar-refractivity contribution is -0.124. The van der Waals surface area contributed by atoms with Gasteiger partial charge in [0.15, 0.2) is 0 Å². The summed E-state index contributed by atoms with van der Waals surface area (Å²) >= 11 is 6.66. The molecule has 29 heteroatoms. The molecule has 8 bridgehead atoms. The van der Waals surface area contributed by atoms with Gasteiger partial charge in [0.1, 0.15) is 93.8 Å². The summed E-state index contributed by atoms with van der Waals surface area (Å²) in [6, 6.07) is -0.270. The first kappa shape index (κ1) is 56.0. The summed E-state index contributed by atoms with van der Waals surface area (Å²) in [5.74, 6) is -4.49. The maximum atomic E-state index is 13.9. The lowest BCUT2D eigenvalue weighted by atomic mass is 9.99. The van der Waals surface area contributed by atoms with Gasteiger partial charge in [-0.1, -0.05) is 12.2 Å². The predicted octanol–water partition coefficient (Wildman–Crippen LogP) is 4.89. The molecule has 0 saturated heterocycles. The second-order valence-corrected chi connectivity index (χ2v) is 22.9. The van der Waals surface area contributed by atoms with Crippen LogP contribution in [0.5, 0.6) is 0 Å². The molecule has 8 rings (SSSR count). The van der Waals surface area contributed by atoms with Crippen LogP contribution in [0.3, 0.4) is 0 Å². The zero-order chi connectivity index (χ0) is 55.5. The molecule has 400 valence electrons. The first-order valence-corrected chi connectivity index (χ1v) is 28.3. The number of nitrogens with zero attached hydrogens (tertiary/aromatic N) is 7. The summed E-state index contributed by atoms with van der Waals surface area (Å²) in [5.41, 5.74) is -0.273. The number of aliphatic hydroxyl groups is 3. The van der Waals surface area contributed by atoms with Crippen molar-refractivity contribution in [2.24, 2.45) is 0 Å². The number of nitrogens with one attached hydrogen (secondary N) is 6. The van der Waals surface area contributed by atoms with Crippen LogP contribution in [0.1, 0.15) is 118 Å². The molecule has 0 spiro atoms. The third-order valence-electron chi connectivity index (χ3n) is 11.2. The zero-order valence-corrected chi connectivity index (χ0v) is 46.5. The molecule has 0 aliphatic carbocycles. The van der Waals surface area contributed by atoms with E-state index in [1.54, 1.807) is 37.6 Å². The van der Waals surface area contributed by atoms with Gasteiger partial charge >= 0.3 is 0 Å².